The summed E-state index contributed by atoms with van der Waals surface area (Å²) in [7, 11) is -1.93. The van der Waals surface area contributed by atoms with Crippen molar-refractivity contribution in [3.05, 3.63) is 29.3 Å². The van der Waals surface area contributed by atoms with Crippen LogP contribution in [-0.4, -0.2) is 45.2 Å². The van der Waals surface area contributed by atoms with E-state index in [0.717, 1.165) is 50.0 Å². The zero-order valence-electron chi connectivity index (χ0n) is 14.1. The fourth-order valence-electron chi connectivity index (χ4n) is 3.64. The standard InChI is InChI=1S/C17H26N2O3S/c1-17(2)9-7-14(22-17)12-19-10-8-15-13(11-19)5-4-6-16(15)23(20,21)18-3/h4-6,14,18H,7-12H2,1-3H3/t14-/m1/s1. The summed E-state index contributed by atoms with van der Waals surface area (Å²) in [6.07, 6.45) is 3.26. The van der Waals surface area contributed by atoms with Gasteiger partial charge >= 0.3 is 0 Å². The lowest BCUT2D eigenvalue weighted by Crippen LogP contribution is -2.38. The van der Waals surface area contributed by atoms with E-state index in [9.17, 15) is 8.42 Å². The van der Waals surface area contributed by atoms with Gasteiger partial charge in [-0.2, -0.15) is 0 Å². The summed E-state index contributed by atoms with van der Waals surface area (Å²) in [4.78, 5) is 2.81. The number of fused-ring (bicyclic) bond motifs is 1. The molecule has 3 rings (SSSR count). The average Bonchev–Trinajstić information content (AvgIpc) is 2.85. The first-order valence-corrected chi connectivity index (χ1v) is 9.73. The van der Waals surface area contributed by atoms with Crippen molar-refractivity contribution in [3.63, 3.8) is 0 Å². The maximum Gasteiger partial charge on any atom is 0.240 e. The number of sulfonamides is 1. The van der Waals surface area contributed by atoms with Crippen molar-refractivity contribution >= 4 is 10.0 Å². The van der Waals surface area contributed by atoms with Gasteiger partial charge < -0.3 is 4.74 Å². The molecule has 6 heteroatoms. The Morgan fingerprint density at radius 1 is 1.39 bits per heavy atom. The van der Waals surface area contributed by atoms with E-state index >= 15 is 0 Å². The molecule has 128 valence electrons. The van der Waals surface area contributed by atoms with Gasteiger partial charge in [0, 0.05) is 19.6 Å². The van der Waals surface area contributed by atoms with Gasteiger partial charge in [0.15, 0.2) is 0 Å². The lowest BCUT2D eigenvalue weighted by molar-refractivity contribution is -0.0301. The molecule has 1 fully saturated rings. The third-order valence-corrected chi connectivity index (χ3v) is 6.38. The van der Waals surface area contributed by atoms with Crippen LogP contribution in [0.5, 0.6) is 0 Å². The number of benzene rings is 1. The highest BCUT2D eigenvalue weighted by Gasteiger charge is 2.33. The molecule has 0 saturated carbocycles. The number of nitrogens with one attached hydrogen (secondary N) is 1. The molecule has 1 aromatic carbocycles. The maximum absolute atomic E-state index is 12.2. The molecule has 2 aliphatic heterocycles. The Bertz CT molecular complexity index is 685. The second kappa shape index (κ2) is 6.16. The molecule has 0 spiro atoms. The van der Waals surface area contributed by atoms with E-state index in [0.29, 0.717) is 4.90 Å². The molecule has 0 bridgehead atoms. The van der Waals surface area contributed by atoms with Crippen LogP contribution in [0.4, 0.5) is 0 Å². The van der Waals surface area contributed by atoms with Gasteiger partial charge in [-0.15, -0.1) is 0 Å². The predicted molar refractivity (Wildman–Crippen MR) is 89.9 cm³/mol. The molecular weight excluding hydrogens is 312 g/mol. The Morgan fingerprint density at radius 3 is 2.83 bits per heavy atom. The molecule has 5 nitrogen and oxygen atoms in total. The van der Waals surface area contributed by atoms with E-state index in [2.05, 4.69) is 23.5 Å². The fraction of sp³-hybridized carbons (Fsp3) is 0.647. The van der Waals surface area contributed by atoms with Crippen molar-refractivity contribution in [2.75, 3.05) is 20.1 Å². The van der Waals surface area contributed by atoms with Crippen molar-refractivity contribution in [3.8, 4) is 0 Å². The molecular formula is C17H26N2O3S. The van der Waals surface area contributed by atoms with Gasteiger partial charge in [-0.3, -0.25) is 4.90 Å². The third-order valence-electron chi connectivity index (χ3n) is 4.88. The summed E-state index contributed by atoms with van der Waals surface area (Å²) in [5.41, 5.74) is 2.07. The second-order valence-electron chi connectivity index (χ2n) is 7.12. The van der Waals surface area contributed by atoms with Gasteiger partial charge in [-0.1, -0.05) is 12.1 Å². The first kappa shape index (κ1) is 16.9. The highest BCUT2D eigenvalue weighted by Crippen LogP contribution is 2.31. The lowest BCUT2D eigenvalue weighted by Gasteiger charge is -2.32. The van der Waals surface area contributed by atoms with Crippen molar-refractivity contribution in [2.45, 2.75) is 56.3 Å². The van der Waals surface area contributed by atoms with Gasteiger partial charge in [0.2, 0.25) is 10.0 Å². The van der Waals surface area contributed by atoms with Gasteiger partial charge in [-0.25, -0.2) is 13.1 Å². The molecule has 0 unspecified atom stereocenters. The Balaban J connectivity index is 1.74. The summed E-state index contributed by atoms with van der Waals surface area (Å²) in [6.45, 7) is 6.89. The molecule has 0 amide bonds. The van der Waals surface area contributed by atoms with Gasteiger partial charge in [0.05, 0.1) is 16.6 Å². The van der Waals surface area contributed by atoms with E-state index < -0.39 is 10.0 Å². The molecule has 1 N–H and O–H groups in total. The van der Waals surface area contributed by atoms with Crippen LogP contribution in [0.1, 0.15) is 37.8 Å². The number of hydrogen-bond acceptors (Lipinski definition) is 4. The van der Waals surface area contributed by atoms with Crippen LogP contribution < -0.4 is 4.72 Å². The molecule has 0 aromatic heterocycles. The van der Waals surface area contributed by atoms with Crippen LogP contribution in [0.2, 0.25) is 0 Å². The quantitative estimate of drug-likeness (QED) is 0.911. The summed E-state index contributed by atoms with van der Waals surface area (Å²) in [6, 6.07) is 5.57. The molecule has 2 heterocycles. The molecule has 1 saturated heterocycles. The Kier molecular flexibility index (Phi) is 4.53. The number of hydrogen-bond donors (Lipinski definition) is 1. The van der Waals surface area contributed by atoms with E-state index in [1.54, 1.807) is 6.07 Å². The van der Waals surface area contributed by atoms with Crippen LogP contribution in [0.25, 0.3) is 0 Å². The first-order valence-electron chi connectivity index (χ1n) is 8.25. The minimum Gasteiger partial charge on any atom is -0.371 e. The van der Waals surface area contributed by atoms with E-state index in [-0.39, 0.29) is 11.7 Å². The predicted octanol–water partition coefficient (Wildman–Crippen LogP) is 1.91. The Labute approximate surface area is 139 Å². The molecule has 0 radical (unpaired) electrons. The number of ether oxygens (including phenoxy) is 1. The summed E-state index contributed by atoms with van der Waals surface area (Å²) < 4.78 is 32.8. The number of nitrogens with zero attached hydrogens (tertiary/aromatic N) is 1. The zero-order valence-corrected chi connectivity index (χ0v) is 14.9. The number of rotatable bonds is 4. The first-order chi connectivity index (χ1) is 10.8. The van der Waals surface area contributed by atoms with E-state index in [4.69, 9.17) is 4.74 Å². The van der Waals surface area contributed by atoms with Gasteiger partial charge in [0.1, 0.15) is 0 Å². The van der Waals surface area contributed by atoms with Crippen LogP contribution in [-0.2, 0) is 27.7 Å². The largest absolute Gasteiger partial charge is 0.371 e. The van der Waals surface area contributed by atoms with Crippen LogP contribution >= 0.6 is 0 Å². The van der Waals surface area contributed by atoms with Crippen molar-refractivity contribution in [1.82, 2.24) is 9.62 Å². The Hall–Kier alpha value is -0.950. The summed E-state index contributed by atoms with van der Waals surface area (Å²) in [5.74, 6) is 0. The fourth-order valence-corrected chi connectivity index (χ4v) is 4.68. The highest BCUT2D eigenvalue weighted by atomic mass is 32.2. The maximum atomic E-state index is 12.2. The molecule has 0 aliphatic carbocycles. The minimum absolute atomic E-state index is 0.00754. The van der Waals surface area contributed by atoms with Crippen molar-refractivity contribution in [1.29, 1.82) is 0 Å². The third kappa shape index (κ3) is 3.60. The van der Waals surface area contributed by atoms with Crippen LogP contribution in [0, 0.1) is 0 Å². The topological polar surface area (TPSA) is 58.6 Å². The summed E-state index contributed by atoms with van der Waals surface area (Å²) >= 11 is 0. The molecule has 2 aliphatic rings. The monoisotopic (exact) mass is 338 g/mol. The van der Waals surface area contributed by atoms with Crippen molar-refractivity contribution in [2.24, 2.45) is 0 Å². The smallest absolute Gasteiger partial charge is 0.240 e. The lowest BCUT2D eigenvalue weighted by atomic mass is 9.99. The van der Waals surface area contributed by atoms with Gasteiger partial charge in [-0.05, 0) is 57.4 Å². The van der Waals surface area contributed by atoms with E-state index in [1.165, 1.54) is 7.05 Å². The van der Waals surface area contributed by atoms with Crippen LogP contribution in [0.3, 0.4) is 0 Å². The van der Waals surface area contributed by atoms with E-state index in [1.807, 2.05) is 12.1 Å². The molecule has 23 heavy (non-hydrogen) atoms. The highest BCUT2D eigenvalue weighted by molar-refractivity contribution is 7.89. The summed E-state index contributed by atoms with van der Waals surface area (Å²) in [5, 5.41) is 0. The van der Waals surface area contributed by atoms with Gasteiger partial charge in [0.25, 0.3) is 0 Å². The Morgan fingerprint density at radius 2 is 2.17 bits per heavy atom. The average molecular weight is 338 g/mol. The minimum atomic E-state index is -3.39. The zero-order chi connectivity index (χ0) is 16.7. The van der Waals surface area contributed by atoms with Crippen LogP contribution in [0.15, 0.2) is 23.1 Å². The SMILES string of the molecule is CNS(=O)(=O)c1cccc2c1CCN(C[C@H]1CCC(C)(C)O1)C2. The molecule has 1 aromatic rings. The second-order valence-corrected chi connectivity index (χ2v) is 8.98. The molecule has 1 atom stereocenters. The van der Waals surface area contributed by atoms with Crippen molar-refractivity contribution < 1.29 is 13.2 Å². The normalized spacial score (nSPS) is 24.6.